The summed E-state index contributed by atoms with van der Waals surface area (Å²) >= 11 is 2.68. The molecule has 0 aliphatic heterocycles. The number of aromatic nitrogens is 2. The third-order valence-electron chi connectivity index (χ3n) is 4.57. The molecule has 0 atom stereocenters. The van der Waals surface area contributed by atoms with Gasteiger partial charge in [-0.2, -0.15) is 0 Å². The highest BCUT2D eigenvalue weighted by atomic mass is 32.1. The van der Waals surface area contributed by atoms with E-state index in [-0.39, 0.29) is 5.91 Å². The predicted octanol–water partition coefficient (Wildman–Crippen LogP) is 5.46. The number of nitrogens with two attached hydrogens (primary N) is 1. The van der Waals surface area contributed by atoms with Crippen molar-refractivity contribution in [2.24, 2.45) is 5.92 Å². The van der Waals surface area contributed by atoms with Gasteiger partial charge in [0.15, 0.2) is 5.13 Å². The fourth-order valence-electron chi connectivity index (χ4n) is 3.14. The molecule has 1 aromatic carbocycles. The van der Waals surface area contributed by atoms with Gasteiger partial charge in [-0.05, 0) is 36.6 Å². The monoisotopic (exact) mass is 438 g/mol. The first-order chi connectivity index (χ1) is 14.4. The van der Waals surface area contributed by atoms with Crippen molar-refractivity contribution in [1.29, 1.82) is 0 Å². The Morgan fingerprint density at radius 2 is 2.07 bits per heavy atom. The van der Waals surface area contributed by atoms with Crippen LogP contribution >= 0.6 is 22.7 Å². The Morgan fingerprint density at radius 1 is 1.23 bits per heavy atom. The number of benzene rings is 1. The van der Waals surface area contributed by atoms with Crippen molar-refractivity contribution in [3.63, 3.8) is 0 Å². The molecule has 1 amide bonds. The van der Waals surface area contributed by atoms with Gasteiger partial charge in [0.05, 0.1) is 18.5 Å². The van der Waals surface area contributed by atoms with Crippen LogP contribution in [0.5, 0.6) is 5.75 Å². The lowest BCUT2D eigenvalue weighted by Gasteiger charge is -2.03. The second-order valence-corrected chi connectivity index (χ2v) is 9.18. The number of thiazole rings is 1. The van der Waals surface area contributed by atoms with E-state index in [1.54, 1.807) is 7.11 Å². The Kier molecular flexibility index (Phi) is 5.69. The zero-order chi connectivity index (χ0) is 21.3. The molecular weight excluding hydrogens is 416 g/mol. The lowest BCUT2D eigenvalue weighted by atomic mass is 10.1. The molecule has 30 heavy (non-hydrogen) atoms. The van der Waals surface area contributed by atoms with Crippen molar-refractivity contribution in [3.8, 4) is 17.0 Å². The fraction of sp³-hybridized carbons (Fsp3) is 0.227. The smallest absolute Gasteiger partial charge is 0.269 e. The fourth-order valence-corrected chi connectivity index (χ4v) is 4.86. The van der Waals surface area contributed by atoms with Crippen LogP contribution in [0.4, 0.5) is 10.8 Å². The van der Waals surface area contributed by atoms with Crippen LogP contribution in [-0.2, 0) is 6.42 Å². The molecule has 0 aliphatic rings. The van der Waals surface area contributed by atoms with E-state index in [1.807, 2.05) is 41.8 Å². The van der Waals surface area contributed by atoms with Crippen molar-refractivity contribution in [2.75, 3.05) is 18.2 Å². The number of methoxy groups -OCH3 is 1. The molecule has 0 unspecified atom stereocenters. The van der Waals surface area contributed by atoms with Crippen LogP contribution < -0.4 is 15.8 Å². The maximum atomic E-state index is 12.9. The van der Waals surface area contributed by atoms with Gasteiger partial charge < -0.3 is 10.5 Å². The summed E-state index contributed by atoms with van der Waals surface area (Å²) in [7, 11) is 1.63. The molecule has 3 N–H and O–H groups in total. The zero-order valence-corrected chi connectivity index (χ0v) is 18.6. The van der Waals surface area contributed by atoms with Gasteiger partial charge in [-0.15, -0.1) is 22.7 Å². The summed E-state index contributed by atoms with van der Waals surface area (Å²) in [5.41, 5.74) is 9.42. The van der Waals surface area contributed by atoms with E-state index in [2.05, 4.69) is 29.1 Å². The van der Waals surface area contributed by atoms with E-state index in [0.29, 0.717) is 21.6 Å². The predicted molar refractivity (Wildman–Crippen MR) is 125 cm³/mol. The first kappa shape index (κ1) is 20.3. The van der Waals surface area contributed by atoms with E-state index >= 15 is 0 Å². The average molecular weight is 439 g/mol. The minimum Gasteiger partial charge on any atom is -0.497 e. The van der Waals surface area contributed by atoms with Gasteiger partial charge in [0.2, 0.25) is 0 Å². The summed E-state index contributed by atoms with van der Waals surface area (Å²) in [5, 5.41) is 6.10. The third kappa shape index (κ3) is 4.15. The Balaban J connectivity index is 1.56. The summed E-state index contributed by atoms with van der Waals surface area (Å²) in [5.74, 6) is 1.000. The summed E-state index contributed by atoms with van der Waals surface area (Å²) < 4.78 is 5.26. The molecule has 0 spiro atoms. The summed E-state index contributed by atoms with van der Waals surface area (Å²) in [6.07, 6.45) is 0.890. The van der Waals surface area contributed by atoms with Crippen molar-refractivity contribution in [1.82, 2.24) is 9.97 Å². The van der Waals surface area contributed by atoms with Crippen LogP contribution in [0.25, 0.3) is 21.5 Å². The highest BCUT2D eigenvalue weighted by molar-refractivity contribution is 7.21. The standard InChI is InChI=1S/C22H22N4O2S2/c1-12(2)9-14-7-8-16-18(23)19(30-21(16)24-14)20(27)26-22-25-17(11-29-22)13-5-4-6-15(10-13)28-3/h4-8,10-12H,9,23H2,1-3H3,(H,25,26,27). The third-order valence-corrected chi connectivity index (χ3v) is 6.44. The summed E-state index contributed by atoms with van der Waals surface area (Å²) in [6.45, 7) is 4.31. The molecule has 6 nitrogen and oxygen atoms in total. The number of nitrogen functional groups attached to an aromatic ring is 1. The van der Waals surface area contributed by atoms with Gasteiger partial charge >= 0.3 is 0 Å². The molecule has 4 aromatic rings. The van der Waals surface area contributed by atoms with Crippen molar-refractivity contribution in [2.45, 2.75) is 20.3 Å². The minimum atomic E-state index is -0.271. The number of amides is 1. The first-order valence-electron chi connectivity index (χ1n) is 9.53. The number of hydrogen-bond donors (Lipinski definition) is 2. The normalized spacial score (nSPS) is 11.2. The molecule has 0 bridgehead atoms. The van der Waals surface area contributed by atoms with Crippen LogP contribution in [0, 0.1) is 5.92 Å². The second-order valence-electron chi connectivity index (χ2n) is 7.32. The largest absolute Gasteiger partial charge is 0.497 e. The number of pyridine rings is 1. The Bertz CT molecular complexity index is 1210. The van der Waals surface area contributed by atoms with Gasteiger partial charge in [-0.1, -0.05) is 26.0 Å². The van der Waals surface area contributed by atoms with Crippen LogP contribution in [0.15, 0.2) is 41.8 Å². The Morgan fingerprint density at radius 3 is 2.83 bits per heavy atom. The number of nitrogens with zero attached hydrogens (tertiary/aromatic N) is 2. The van der Waals surface area contributed by atoms with Gasteiger partial charge in [0, 0.05) is 22.0 Å². The van der Waals surface area contributed by atoms with E-state index in [0.717, 1.165) is 39.3 Å². The molecule has 0 saturated heterocycles. The van der Waals surface area contributed by atoms with Gasteiger partial charge in [0.25, 0.3) is 5.91 Å². The van der Waals surface area contributed by atoms with Crippen molar-refractivity contribution < 1.29 is 9.53 Å². The van der Waals surface area contributed by atoms with Crippen LogP contribution in [0.2, 0.25) is 0 Å². The van der Waals surface area contributed by atoms with Crippen LogP contribution in [-0.4, -0.2) is 23.0 Å². The number of anilines is 2. The molecular formula is C22H22N4O2S2. The molecule has 4 rings (SSSR count). The van der Waals surface area contributed by atoms with E-state index in [1.165, 1.54) is 22.7 Å². The molecule has 3 heterocycles. The number of thiophene rings is 1. The lowest BCUT2D eigenvalue weighted by molar-refractivity contribution is 0.103. The van der Waals surface area contributed by atoms with E-state index < -0.39 is 0 Å². The highest BCUT2D eigenvalue weighted by Crippen LogP contribution is 2.34. The number of ether oxygens (including phenoxy) is 1. The summed E-state index contributed by atoms with van der Waals surface area (Å²) in [4.78, 5) is 23.3. The van der Waals surface area contributed by atoms with E-state index in [9.17, 15) is 4.79 Å². The number of hydrogen-bond acceptors (Lipinski definition) is 7. The first-order valence-corrected chi connectivity index (χ1v) is 11.2. The molecule has 0 radical (unpaired) electrons. The van der Waals surface area contributed by atoms with Gasteiger partial charge in [-0.25, -0.2) is 9.97 Å². The molecule has 3 aromatic heterocycles. The maximum Gasteiger partial charge on any atom is 0.269 e. The van der Waals surface area contributed by atoms with Gasteiger partial charge in [-0.3, -0.25) is 10.1 Å². The molecule has 0 fully saturated rings. The molecule has 8 heteroatoms. The molecule has 0 aliphatic carbocycles. The Labute approximate surface area is 182 Å². The van der Waals surface area contributed by atoms with Crippen LogP contribution in [0.3, 0.4) is 0 Å². The quantitative estimate of drug-likeness (QED) is 0.417. The average Bonchev–Trinajstić information content (AvgIpc) is 3.32. The number of carbonyl (C=O) groups is 1. The van der Waals surface area contributed by atoms with Gasteiger partial charge in [0.1, 0.15) is 15.5 Å². The topological polar surface area (TPSA) is 90.1 Å². The highest BCUT2D eigenvalue weighted by Gasteiger charge is 2.19. The number of fused-ring (bicyclic) bond motifs is 1. The number of carbonyl (C=O) groups excluding carboxylic acids is 1. The van der Waals surface area contributed by atoms with Crippen molar-refractivity contribution in [3.05, 3.63) is 52.3 Å². The lowest BCUT2D eigenvalue weighted by Crippen LogP contribution is -2.11. The van der Waals surface area contributed by atoms with E-state index in [4.69, 9.17) is 10.5 Å². The van der Waals surface area contributed by atoms with Crippen LogP contribution in [0.1, 0.15) is 29.2 Å². The number of rotatable bonds is 6. The second kappa shape index (κ2) is 8.41. The summed E-state index contributed by atoms with van der Waals surface area (Å²) in [6, 6.07) is 11.6. The SMILES string of the molecule is COc1cccc(-c2csc(NC(=O)c3sc4nc(CC(C)C)ccc4c3N)n2)c1. The minimum absolute atomic E-state index is 0.271. The molecule has 0 saturated carbocycles. The maximum absolute atomic E-state index is 12.9. The van der Waals surface area contributed by atoms with Crippen molar-refractivity contribution >= 4 is 49.6 Å². The number of nitrogens with one attached hydrogen (secondary N) is 1. The zero-order valence-electron chi connectivity index (χ0n) is 16.9. The Hall–Kier alpha value is -2.97. The molecule has 154 valence electrons.